The van der Waals surface area contributed by atoms with Crippen LogP contribution in [0.2, 0.25) is 5.02 Å². The maximum atomic E-state index is 13.3. The van der Waals surface area contributed by atoms with E-state index in [-0.39, 0.29) is 5.78 Å². The first-order valence-corrected chi connectivity index (χ1v) is 9.85. The minimum Gasteiger partial charge on any atom is -0.289 e. The third-order valence-electron chi connectivity index (χ3n) is 4.92. The van der Waals surface area contributed by atoms with Crippen molar-refractivity contribution in [3.05, 3.63) is 106 Å². The minimum atomic E-state index is -0.0628. The molecule has 0 atom stereocenters. The number of ketones is 1. The highest BCUT2D eigenvalue weighted by molar-refractivity contribution is 6.30. The molecule has 4 aromatic rings. The van der Waals surface area contributed by atoms with Crippen LogP contribution in [0.15, 0.2) is 78.9 Å². The van der Waals surface area contributed by atoms with Gasteiger partial charge in [-0.2, -0.15) is 0 Å². The van der Waals surface area contributed by atoms with Crippen molar-refractivity contribution < 1.29 is 4.79 Å². The highest BCUT2D eigenvalue weighted by Crippen LogP contribution is 2.34. The first kappa shape index (κ1) is 19.1. The minimum absolute atomic E-state index is 0.0628. The fourth-order valence-electron chi connectivity index (χ4n) is 3.58. The monoisotopic (exact) mass is 397 g/mol. The molecule has 0 unspecified atom stereocenters. The van der Waals surface area contributed by atoms with E-state index in [1.54, 1.807) is 6.08 Å². The normalized spacial score (nSPS) is 11.3. The van der Waals surface area contributed by atoms with Gasteiger partial charge in [0.2, 0.25) is 0 Å². The quantitative estimate of drug-likeness (QED) is 0.272. The largest absolute Gasteiger partial charge is 0.289 e. The van der Waals surface area contributed by atoms with Gasteiger partial charge in [-0.1, -0.05) is 77.8 Å². The second-order valence-electron chi connectivity index (χ2n) is 7.08. The Balaban J connectivity index is 1.89. The first-order chi connectivity index (χ1) is 14.0. The van der Waals surface area contributed by atoms with Gasteiger partial charge in [0.25, 0.3) is 0 Å². The molecular formula is C26H20ClNO. The lowest BCUT2D eigenvalue weighted by Gasteiger charge is -2.14. The summed E-state index contributed by atoms with van der Waals surface area (Å²) in [6.45, 7) is 3.93. The molecule has 1 aromatic heterocycles. The summed E-state index contributed by atoms with van der Waals surface area (Å²) in [5.41, 5.74) is 6.20. The molecule has 0 N–H and O–H groups in total. The third kappa shape index (κ3) is 3.98. The van der Waals surface area contributed by atoms with Crippen molar-refractivity contribution in [2.75, 3.05) is 0 Å². The molecule has 0 aliphatic rings. The number of hydrogen-bond acceptors (Lipinski definition) is 2. The molecule has 0 fully saturated rings. The molecule has 3 heteroatoms. The van der Waals surface area contributed by atoms with Crippen molar-refractivity contribution in [1.29, 1.82) is 0 Å². The second-order valence-corrected chi connectivity index (χ2v) is 7.52. The predicted octanol–water partition coefficient (Wildman–Crippen LogP) is 7.07. The van der Waals surface area contributed by atoms with Crippen LogP contribution in [-0.2, 0) is 0 Å². The van der Waals surface area contributed by atoms with Crippen LogP contribution in [0.25, 0.3) is 28.1 Å². The summed E-state index contributed by atoms with van der Waals surface area (Å²) in [6, 6.07) is 23.6. The summed E-state index contributed by atoms with van der Waals surface area (Å²) < 4.78 is 0. The number of rotatable bonds is 4. The molecule has 0 aliphatic heterocycles. The summed E-state index contributed by atoms with van der Waals surface area (Å²) in [7, 11) is 0. The molecule has 0 radical (unpaired) electrons. The Bertz CT molecular complexity index is 1240. The van der Waals surface area contributed by atoms with E-state index in [4.69, 9.17) is 11.6 Å². The standard InChI is InChI=1S/C26H20ClNO/c1-17-6-5-7-19(16-17)10-15-24(29)25-18(2)28-23-9-4-3-8-22(23)26(25)20-11-13-21(27)14-12-20/h3-16H,1-2H3. The molecule has 1 heterocycles. The predicted molar refractivity (Wildman–Crippen MR) is 121 cm³/mol. The van der Waals surface area contributed by atoms with Gasteiger partial charge in [-0.15, -0.1) is 0 Å². The molecule has 29 heavy (non-hydrogen) atoms. The molecule has 0 bridgehead atoms. The lowest BCUT2D eigenvalue weighted by molar-refractivity contribution is 0.104. The van der Waals surface area contributed by atoms with Crippen LogP contribution in [0, 0.1) is 13.8 Å². The van der Waals surface area contributed by atoms with Crippen LogP contribution in [0.4, 0.5) is 0 Å². The summed E-state index contributed by atoms with van der Waals surface area (Å²) >= 11 is 6.09. The van der Waals surface area contributed by atoms with Crippen LogP contribution in [-0.4, -0.2) is 10.8 Å². The lowest BCUT2D eigenvalue weighted by atomic mass is 9.92. The summed E-state index contributed by atoms with van der Waals surface area (Å²) in [5, 5.41) is 1.61. The molecule has 0 aliphatic carbocycles. The Morgan fingerprint density at radius 1 is 0.931 bits per heavy atom. The molecule has 0 amide bonds. The van der Waals surface area contributed by atoms with Gasteiger partial charge < -0.3 is 0 Å². The van der Waals surface area contributed by atoms with Crippen molar-refractivity contribution in [3.63, 3.8) is 0 Å². The Morgan fingerprint density at radius 3 is 2.45 bits per heavy atom. The Morgan fingerprint density at radius 2 is 1.69 bits per heavy atom. The van der Waals surface area contributed by atoms with E-state index in [1.165, 1.54) is 0 Å². The van der Waals surface area contributed by atoms with Gasteiger partial charge in [0, 0.05) is 21.7 Å². The van der Waals surface area contributed by atoms with Crippen LogP contribution in [0.1, 0.15) is 27.2 Å². The van der Waals surface area contributed by atoms with E-state index in [0.29, 0.717) is 16.3 Å². The number of halogens is 1. The van der Waals surface area contributed by atoms with E-state index in [0.717, 1.165) is 33.2 Å². The second kappa shape index (κ2) is 8.02. The number of carbonyl (C=O) groups is 1. The molecule has 4 rings (SSSR count). The maximum Gasteiger partial charge on any atom is 0.188 e. The van der Waals surface area contributed by atoms with E-state index in [2.05, 4.69) is 11.1 Å². The van der Waals surface area contributed by atoms with Gasteiger partial charge in [0.15, 0.2) is 5.78 Å². The van der Waals surface area contributed by atoms with Crippen LogP contribution in [0.5, 0.6) is 0 Å². The number of aromatic nitrogens is 1. The van der Waals surface area contributed by atoms with E-state index < -0.39 is 0 Å². The maximum absolute atomic E-state index is 13.3. The van der Waals surface area contributed by atoms with Gasteiger partial charge >= 0.3 is 0 Å². The Kier molecular flexibility index (Phi) is 5.28. The van der Waals surface area contributed by atoms with E-state index >= 15 is 0 Å². The Labute approximate surface area is 175 Å². The van der Waals surface area contributed by atoms with Crippen LogP contribution >= 0.6 is 11.6 Å². The summed E-state index contributed by atoms with van der Waals surface area (Å²) in [5.74, 6) is -0.0628. The first-order valence-electron chi connectivity index (χ1n) is 9.47. The number of nitrogens with zero attached hydrogens (tertiary/aromatic N) is 1. The third-order valence-corrected chi connectivity index (χ3v) is 5.17. The number of benzene rings is 3. The zero-order valence-corrected chi connectivity index (χ0v) is 17.1. The van der Waals surface area contributed by atoms with Gasteiger partial charge in [0.1, 0.15) is 0 Å². The highest BCUT2D eigenvalue weighted by Gasteiger charge is 2.18. The zero-order chi connectivity index (χ0) is 20.4. The molecule has 142 valence electrons. The van der Waals surface area contributed by atoms with Crippen molar-refractivity contribution >= 4 is 34.4 Å². The van der Waals surface area contributed by atoms with Crippen LogP contribution in [0.3, 0.4) is 0 Å². The smallest absolute Gasteiger partial charge is 0.188 e. The van der Waals surface area contributed by atoms with Crippen molar-refractivity contribution in [2.24, 2.45) is 0 Å². The fraction of sp³-hybridized carbons (Fsp3) is 0.0769. The molecule has 0 saturated carbocycles. The van der Waals surface area contributed by atoms with Gasteiger partial charge in [-0.25, -0.2) is 0 Å². The number of allylic oxidation sites excluding steroid dienone is 1. The topological polar surface area (TPSA) is 30.0 Å². The fourth-order valence-corrected chi connectivity index (χ4v) is 3.71. The van der Waals surface area contributed by atoms with E-state index in [1.807, 2.05) is 86.7 Å². The average molecular weight is 398 g/mol. The zero-order valence-electron chi connectivity index (χ0n) is 16.3. The highest BCUT2D eigenvalue weighted by atomic mass is 35.5. The van der Waals surface area contributed by atoms with Crippen molar-refractivity contribution in [2.45, 2.75) is 13.8 Å². The average Bonchev–Trinajstić information content (AvgIpc) is 2.72. The van der Waals surface area contributed by atoms with E-state index in [9.17, 15) is 4.79 Å². The number of hydrogen-bond donors (Lipinski definition) is 0. The molecule has 0 saturated heterocycles. The van der Waals surface area contributed by atoms with Crippen LogP contribution < -0.4 is 0 Å². The number of para-hydroxylation sites is 1. The summed E-state index contributed by atoms with van der Waals surface area (Å²) in [4.78, 5) is 18.0. The molecule has 3 aromatic carbocycles. The van der Waals surface area contributed by atoms with Crippen molar-refractivity contribution in [1.82, 2.24) is 4.98 Å². The Hall–Kier alpha value is -3.23. The number of pyridine rings is 1. The lowest BCUT2D eigenvalue weighted by Crippen LogP contribution is -2.05. The molecule has 0 spiro atoms. The van der Waals surface area contributed by atoms with Gasteiger partial charge in [-0.05, 0) is 49.2 Å². The van der Waals surface area contributed by atoms with Crippen molar-refractivity contribution in [3.8, 4) is 11.1 Å². The number of fused-ring (bicyclic) bond motifs is 1. The SMILES string of the molecule is Cc1cccc(C=CC(=O)c2c(C)nc3ccccc3c2-c2ccc(Cl)cc2)c1. The summed E-state index contributed by atoms with van der Waals surface area (Å²) in [6.07, 6.45) is 3.49. The van der Waals surface area contributed by atoms with Gasteiger partial charge in [0.05, 0.1) is 11.1 Å². The molecular weight excluding hydrogens is 378 g/mol. The van der Waals surface area contributed by atoms with Gasteiger partial charge in [-0.3, -0.25) is 9.78 Å². The number of aryl methyl sites for hydroxylation is 2. The number of carbonyl (C=O) groups excluding carboxylic acids is 1. The molecule has 2 nitrogen and oxygen atoms in total.